The number of rotatable bonds is 10. The Balaban J connectivity index is 0.00000120. The van der Waals surface area contributed by atoms with Crippen molar-refractivity contribution < 1.29 is 9.90 Å². The lowest BCUT2D eigenvalue weighted by atomic mass is 10.2. The summed E-state index contributed by atoms with van der Waals surface area (Å²) in [4.78, 5) is 26.2. The van der Waals surface area contributed by atoms with Crippen molar-refractivity contribution in [2.45, 2.75) is 39.5 Å². The number of carboxylic acids is 1. The van der Waals surface area contributed by atoms with E-state index in [2.05, 4.69) is 30.6 Å². The number of unbranched alkanes of at least 4 members (excludes halogenated alkanes) is 3. The largest absolute Gasteiger partial charge is 0.481 e. The number of benzene rings is 2. The Kier molecular flexibility index (Phi) is 16.2. The second kappa shape index (κ2) is 19.1. The number of carboxylic acid groups (broad SMARTS) is 1. The van der Waals surface area contributed by atoms with Gasteiger partial charge < -0.3 is 38.7 Å². The zero-order chi connectivity index (χ0) is 29.9. The topological polar surface area (TPSA) is 215 Å². The van der Waals surface area contributed by atoms with Gasteiger partial charge in [-0.3, -0.25) is 14.8 Å². The summed E-state index contributed by atoms with van der Waals surface area (Å²) in [5.74, 6) is -0.408. The first-order chi connectivity index (χ1) is 19.0. The first-order valence-electron chi connectivity index (χ1n) is 12.5. The second-order valence-corrected chi connectivity index (χ2v) is 9.52. The molecular formula is C26H38Cl2N10O2. The maximum atomic E-state index is 9.70. The van der Waals surface area contributed by atoms with Crippen molar-refractivity contribution in [1.82, 2.24) is 0 Å². The van der Waals surface area contributed by atoms with Crippen LogP contribution in [0.15, 0.2) is 68.5 Å². The Morgan fingerprint density at radius 1 is 0.725 bits per heavy atom. The molecule has 0 atom stereocenters. The molecule has 0 unspecified atom stereocenters. The molecule has 0 spiro atoms. The van der Waals surface area contributed by atoms with E-state index in [1.807, 2.05) is 0 Å². The maximum Gasteiger partial charge on any atom is 0.305 e. The Bertz CT molecular complexity index is 1080. The molecule has 0 aromatic heterocycles. The predicted octanol–water partition coefficient (Wildman–Crippen LogP) is 4.06. The molecule has 40 heavy (non-hydrogen) atoms. The summed E-state index contributed by atoms with van der Waals surface area (Å²) in [5, 5.41) is 15.1. The van der Waals surface area contributed by atoms with Gasteiger partial charge >= 0.3 is 5.97 Å². The highest BCUT2D eigenvalue weighted by atomic mass is 35.5. The van der Waals surface area contributed by atoms with Gasteiger partial charge in [0.05, 0.1) is 5.92 Å². The fraction of sp³-hybridized carbons (Fsp3) is 0.346. The van der Waals surface area contributed by atoms with Gasteiger partial charge in [-0.15, -0.1) is 0 Å². The van der Waals surface area contributed by atoms with Crippen LogP contribution in [0, 0.1) is 5.92 Å². The van der Waals surface area contributed by atoms with E-state index in [-0.39, 0.29) is 29.8 Å². The molecule has 0 aliphatic heterocycles. The molecule has 0 amide bonds. The molecule has 2 aromatic carbocycles. The molecule has 12 nitrogen and oxygen atoms in total. The number of hydrogen-bond acceptors (Lipinski definition) is 3. The van der Waals surface area contributed by atoms with E-state index in [4.69, 9.17) is 51.2 Å². The predicted molar refractivity (Wildman–Crippen MR) is 167 cm³/mol. The highest BCUT2D eigenvalue weighted by Crippen LogP contribution is 2.13. The van der Waals surface area contributed by atoms with Gasteiger partial charge in [-0.25, -0.2) is 0 Å². The van der Waals surface area contributed by atoms with Gasteiger partial charge in [-0.05, 0) is 61.4 Å². The number of aliphatic imine (C=N–C) groups is 4. The van der Waals surface area contributed by atoms with Crippen LogP contribution in [0.3, 0.4) is 0 Å². The van der Waals surface area contributed by atoms with Gasteiger partial charge in [-0.2, -0.15) is 9.98 Å². The Hall–Kier alpha value is -4.03. The summed E-state index contributed by atoms with van der Waals surface area (Å²) in [7, 11) is 0. The molecule has 2 rings (SSSR count). The normalized spacial score (nSPS) is 12.5. The van der Waals surface area contributed by atoms with Crippen LogP contribution in [-0.4, -0.2) is 48.0 Å². The number of halogens is 2. The molecule has 0 radical (unpaired) electrons. The fourth-order valence-corrected chi connectivity index (χ4v) is 2.95. The highest BCUT2D eigenvalue weighted by molar-refractivity contribution is 6.31. The quantitative estimate of drug-likeness (QED) is 0.121. The Morgan fingerprint density at radius 2 is 1.05 bits per heavy atom. The number of hydrogen-bond donors (Lipinski definition) is 7. The molecule has 14 heteroatoms. The molecule has 0 aliphatic carbocycles. The monoisotopic (exact) mass is 592 g/mol. The molecule has 0 bridgehead atoms. The third-order valence-corrected chi connectivity index (χ3v) is 5.31. The standard InChI is InChI=1S/C22H30Cl2N10.C4H8O2/c23-15-5-9-17(10-6-15)31-21(27)33-19(25)29-13-3-1-2-4-14-30-20(26)34-22(28)32-18-11-7-16(24)8-12-18;1-3(2)4(5)6/h5-12H,1-4,13-14H2,(H5,25,27,29,31,33)(H5,26,28,30,32,34);3H,1-2H3,(H,5,6). The first kappa shape index (κ1) is 34.0. The zero-order valence-electron chi connectivity index (χ0n) is 22.6. The minimum Gasteiger partial charge on any atom is -0.481 e. The summed E-state index contributed by atoms with van der Waals surface area (Å²) in [6.07, 6.45) is 3.68. The van der Waals surface area contributed by atoms with Crippen LogP contribution in [0.5, 0.6) is 0 Å². The molecule has 218 valence electrons. The van der Waals surface area contributed by atoms with Crippen molar-refractivity contribution in [3.05, 3.63) is 58.6 Å². The van der Waals surface area contributed by atoms with Crippen LogP contribution < -0.4 is 33.6 Å². The summed E-state index contributed by atoms with van der Waals surface area (Å²) < 4.78 is 0. The van der Waals surface area contributed by atoms with Crippen LogP contribution in [0.4, 0.5) is 11.4 Å². The zero-order valence-corrected chi connectivity index (χ0v) is 24.2. The van der Waals surface area contributed by atoms with Gasteiger partial charge in [0.1, 0.15) is 0 Å². The number of nitrogens with two attached hydrogens (primary N) is 4. The summed E-state index contributed by atoms with van der Waals surface area (Å²) >= 11 is 11.7. The maximum absolute atomic E-state index is 9.70. The van der Waals surface area contributed by atoms with E-state index in [9.17, 15) is 4.79 Å². The first-order valence-corrected chi connectivity index (χ1v) is 13.3. The van der Waals surface area contributed by atoms with Crippen molar-refractivity contribution in [2.75, 3.05) is 23.7 Å². The van der Waals surface area contributed by atoms with E-state index < -0.39 is 5.97 Å². The molecule has 2 aromatic rings. The van der Waals surface area contributed by atoms with E-state index in [0.29, 0.717) is 23.1 Å². The third kappa shape index (κ3) is 16.7. The lowest BCUT2D eigenvalue weighted by Crippen LogP contribution is -2.26. The second-order valence-electron chi connectivity index (χ2n) is 8.64. The smallest absolute Gasteiger partial charge is 0.305 e. The molecule has 0 fully saturated rings. The lowest BCUT2D eigenvalue weighted by Gasteiger charge is -2.05. The van der Waals surface area contributed by atoms with Crippen LogP contribution in [-0.2, 0) is 4.79 Å². The van der Waals surface area contributed by atoms with Crippen molar-refractivity contribution in [3.63, 3.8) is 0 Å². The van der Waals surface area contributed by atoms with Crippen LogP contribution >= 0.6 is 23.2 Å². The molecule has 0 saturated heterocycles. The lowest BCUT2D eigenvalue weighted by molar-refractivity contribution is -0.140. The van der Waals surface area contributed by atoms with E-state index >= 15 is 0 Å². The van der Waals surface area contributed by atoms with Crippen molar-refractivity contribution >= 4 is 64.4 Å². The van der Waals surface area contributed by atoms with Gasteiger partial charge in [-0.1, -0.05) is 49.9 Å². The SMILES string of the molecule is CC(C)C(=O)O.NC(=NCCCCCCN=C(N)N=C(N)Nc1ccc(Cl)cc1)N=C(N)Nc1ccc(Cl)cc1. The third-order valence-electron chi connectivity index (χ3n) is 4.81. The molecule has 0 saturated carbocycles. The van der Waals surface area contributed by atoms with Crippen molar-refractivity contribution in [3.8, 4) is 0 Å². The number of nitrogens with one attached hydrogen (secondary N) is 2. The van der Waals surface area contributed by atoms with Crippen LogP contribution in [0.1, 0.15) is 39.5 Å². The molecule has 0 aliphatic rings. The van der Waals surface area contributed by atoms with Gasteiger partial charge in [0.25, 0.3) is 0 Å². The van der Waals surface area contributed by atoms with Gasteiger partial charge in [0.2, 0.25) is 23.8 Å². The van der Waals surface area contributed by atoms with Crippen molar-refractivity contribution in [1.29, 1.82) is 0 Å². The molecule has 11 N–H and O–H groups in total. The average molecular weight is 594 g/mol. The summed E-state index contributed by atoms with van der Waals surface area (Å²) in [6, 6.07) is 14.1. The fourth-order valence-electron chi connectivity index (χ4n) is 2.70. The Morgan fingerprint density at radius 3 is 1.35 bits per heavy atom. The molecular weight excluding hydrogens is 555 g/mol. The minimum atomic E-state index is -0.741. The van der Waals surface area contributed by atoms with Gasteiger partial charge in [0, 0.05) is 34.5 Å². The minimum absolute atomic E-state index is 0.124. The average Bonchev–Trinajstić information content (AvgIpc) is 2.88. The number of anilines is 2. The van der Waals surface area contributed by atoms with E-state index in [0.717, 1.165) is 37.1 Å². The van der Waals surface area contributed by atoms with E-state index in [1.54, 1.807) is 62.4 Å². The summed E-state index contributed by atoms with van der Waals surface area (Å²) in [5.41, 5.74) is 24.8. The van der Waals surface area contributed by atoms with Crippen LogP contribution in [0.25, 0.3) is 0 Å². The number of aliphatic carboxylic acids is 1. The van der Waals surface area contributed by atoms with Crippen LogP contribution in [0.2, 0.25) is 10.0 Å². The summed E-state index contributed by atoms with van der Waals surface area (Å²) in [6.45, 7) is 4.41. The number of nitrogens with zero attached hydrogens (tertiary/aromatic N) is 4. The Labute approximate surface area is 244 Å². The van der Waals surface area contributed by atoms with Gasteiger partial charge in [0.15, 0.2) is 0 Å². The molecule has 0 heterocycles. The van der Waals surface area contributed by atoms with Crippen molar-refractivity contribution in [2.24, 2.45) is 48.8 Å². The highest BCUT2D eigenvalue weighted by Gasteiger charge is 2.00. The number of guanidine groups is 4. The number of carbonyl (C=O) groups is 1. The van der Waals surface area contributed by atoms with E-state index in [1.165, 1.54) is 0 Å².